The molecule has 19 heavy (non-hydrogen) atoms. The minimum atomic E-state index is -0.227. The van der Waals surface area contributed by atoms with Gasteiger partial charge in [-0.3, -0.25) is 9.59 Å². The number of aldehydes is 1. The molecule has 0 unspecified atom stereocenters. The van der Waals surface area contributed by atoms with Crippen molar-refractivity contribution < 1.29 is 14.3 Å². The molecular weight excluding hydrogens is 242 g/mol. The molecule has 0 radical (unpaired) electrons. The van der Waals surface area contributed by atoms with Gasteiger partial charge in [-0.05, 0) is 30.3 Å². The number of carbonyl (C=O) groups excluding carboxylic acids is 2. The normalized spacial score (nSPS) is 9.74. The van der Waals surface area contributed by atoms with E-state index in [1.165, 1.54) is 0 Å². The van der Waals surface area contributed by atoms with Gasteiger partial charge in [-0.1, -0.05) is 18.2 Å². The highest BCUT2D eigenvalue weighted by Gasteiger charge is 2.09. The summed E-state index contributed by atoms with van der Waals surface area (Å²) in [6, 6.07) is 13.8. The van der Waals surface area contributed by atoms with E-state index >= 15 is 0 Å². The minimum Gasteiger partial charge on any atom is -0.457 e. The molecule has 0 aromatic heterocycles. The lowest BCUT2D eigenvalue weighted by Crippen LogP contribution is -2.17. The first-order chi connectivity index (χ1) is 9.24. The first-order valence-electron chi connectivity index (χ1n) is 5.79. The van der Waals surface area contributed by atoms with Gasteiger partial charge in [0, 0.05) is 12.6 Å². The molecule has 0 aliphatic carbocycles. The molecule has 0 atom stereocenters. The van der Waals surface area contributed by atoms with E-state index in [1.807, 2.05) is 18.2 Å². The number of rotatable bonds is 4. The van der Waals surface area contributed by atoms with Gasteiger partial charge in [0.15, 0.2) is 6.29 Å². The Balaban J connectivity index is 2.36. The van der Waals surface area contributed by atoms with Crippen molar-refractivity contribution in [3.8, 4) is 11.5 Å². The summed E-state index contributed by atoms with van der Waals surface area (Å²) in [6.45, 7) is 0. The van der Waals surface area contributed by atoms with E-state index in [0.717, 1.165) is 0 Å². The Hall–Kier alpha value is -2.62. The highest BCUT2D eigenvalue weighted by molar-refractivity contribution is 5.95. The Kier molecular flexibility index (Phi) is 3.93. The SMILES string of the molecule is CNC(=O)c1ccc(C=O)c(Oc2ccccc2)c1. The molecule has 0 fully saturated rings. The van der Waals surface area contributed by atoms with E-state index < -0.39 is 0 Å². The Labute approximate surface area is 111 Å². The second-order valence-corrected chi connectivity index (χ2v) is 3.86. The summed E-state index contributed by atoms with van der Waals surface area (Å²) in [5.41, 5.74) is 0.843. The molecule has 0 heterocycles. The minimum absolute atomic E-state index is 0.227. The van der Waals surface area contributed by atoms with Gasteiger partial charge < -0.3 is 10.1 Å². The second kappa shape index (κ2) is 5.82. The van der Waals surface area contributed by atoms with E-state index in [1.54, 1.807) is 37.4 Å². The van der Waals surface area contributed by atoms with Gasteiger partial charge in [-0.15, -0.1) is 0 Å². The highest BCUT2D eigenvalue weighted by atomic mass is 16.5. The molecule has 4 nitrogen and oxygen atoms in total. The molecule has 0 saturated heterocycles. The van der Waals surface area contributed by atoms with Crippen LogP contribution >= 0.6 is 0 Å². The molecule has 0 saturated carbocycles. The summed E-state index contributed by atoms with van der Waals surface area (Å²) >= 11 is 0. The number of hydrogen-bond acceptors (Lipinski definition) is 3. The molecule has 1 N–H and O–H groups in total. The number of para-hydroxylation sites is 1. The van der Waals surface area contributed by atoms with Crippen LogP contribution < -0.4 is 10.1 Å². The van der Waals surface area contributed by atoms with Crippen molar-refractivity contribution in [2.75, 3.05) is 7.05 Å². The number of amides is 1. The molecule has 2 rings (SSSR count). The van der Waals surface area contributed by atoms with Crippen molar-refractivity contribution in [2.24, 2.45) is 0 Å². The Morgan fingerprint density at radius 2 is 1.89 bits per heavy atom. The van der Waals surface area contributed by atoms with Crippen LogP contribution in [0.2, 0.25) is 0 Å². The van der Waals surface area contributed by atoms with Crippen molar-refractivity contribution in [3.05, 3.63) is 59.7 Å². The third kappa shape index (κ3) is 2.98. The number of hydrogen-bond donors (Lipinski definition) is 1. The lowest BCUT2D eigenvalue weighted by molar-refractivity contribution is 0.0962. The quantitative estimate of drug-likeness (QED) is 0.854. The van der Waals surface area contributed by atoms with Crippen LogP contribution in [0.5, 0.6) is 11.5 Å². The van der Waals surface area contributed by atoms with Crippen LogP contribution in [-0.4, -0.2) is 19.2 Å². The lowest BCUT2D eigenvalue weighted by Gasteiger charge is -2.09. The maximum atomic E-state index is 11.6. The number of ether oxygens (including phenoxy) is 1. The molecule has 0 aliphatic heterocycles. The summed E-state index contributed by atoms with van der Waals surface area (Å²) in [4.78, 5) is 22.6. The molecule has 0 aliphatic rings. The summed E-state index contributed by atoms with van der Waals surface area (Å²) in [7, 11) is 1.55. The number of carbonyl (C=O) groups is 2. The maximum Gasteiger partial charge on any atom is 0.251 e. The molecular formula is C15H13NO3. The third-order valence-electron chi connectivity index (χ3n) is 2.60. The molecule has 4 heteroatoms. The summed E-state index contributed by atoms with van der Waals surface area (Å²) < 4.78 is 5.62. The van der Waals surface area contributed by atoms with Crippen LogP contribution in [0.15, 0.2) is 48.5 Å². The van der Waals surface area contributed by atoms with E-state index in [0.29, 0.717) is 28.9 Å². The Bertz CT molecular complexity index is 594. The van der Waals surface area contributed by atoms with Gasteiger partial charge in [0.1, 0.15) is 11.5 Å². The van der Waals surface area contributed by atoms with Gasteiger partial charge in [0.05, 0.1) is 5.56 Å². The van der Waals surface area contributed by atoms with Gasteiger partial charge in [-0.2, -0.15) is 0 Å². The topological polar surface area (TPSA) is 55.4 Å². The molecule has 2 aromatic carbocycles. The van der Waals surface area contributed by atoms with Gasteiger partial charge >= 0.3 is 0 Å². The maximum absolute atomic E-state index is 11.6. The van der Waals surface area contributed by atoms with Crippen molar-refractivity contribution in [2.45, 2.75) is 0 Å². The summed E-state index contributed by atoms with van der Waals surface area (Å²) in [5.74, 6) is 0.748. The summed E-state index contributed by atoms with van der Waals surface area (Å²) in [6.07, 6.45) is 0.700. The number of nitrogens with one attached hydrogen (secondary N) is 1. The predicted octanol–water partition coefficient (Wildman–Crippen LogP) is 2.65. The molecule has 96 valence electrons. The fourth-order valence-electron chi connectivity index (χ4n) is 1.62. The van der Waals surface area contributed by atoms with E-state index in [9.17, 15) is 9.59 Å². The fraction of sp³-hybridized carbons (Fsp3) is 0.0667. The van der Waals surface area contributed by atoms with Crippen LogP contribution in [-0.2, 0) is 0 Å². The average Bonchev–Trinajstić information content (AvgIpc) is 2.47. The van der Waals surface area contributed by atoms with Gasteiger partial charge in [0.25, 0.3) is 5.91 Å². The van der Waals surface area contributed by atoms with Crippen LogP contribution in [0.3, 0.4) is 0 Å². The Morgan fingerprint density at radius 3 is 2.53 bits per heavy atom. The zero-order valence-corrected chi connectivity index (χ0v) is 10.4. The van der Waals surface area contributed by atoms with Gasteiger partial charge in [0.2, 0.25) is 0 Å². The standard InChI is InChI=1S/C15H13NO3/c1-16-15(18)11-7-8-12(10-17)14(9-11)19-13-5-3-2-4-6-13/h2-10H,1H3,(H,16,18). The van der Waals surface area contributed by atoms with Crippen LogP contribution in [0, 0.1) is 0 Å². The molecule has 0 spiro atoms. The fourth-order valence-corrected chi connectivity index (χ4v) is 1.62. The first kappa shape index (κ1) is 12.8. The first-order valence-corrected chi connectivity index (χ1v) is 5.79. The molecule has 2 aromatic rings. The second-order valence-electron chi connectivity index (χ2n) is 3.86. The lowest BCUT2D eigenvalue weighted by atomic mass is 10.1. The van der Waals surface area contributed by atoms with E-state index in [-0.39, 0.29) is 5.91 Å². The zero-order valence-electron chi connectivity index (χ0n) is 10.4. The van der Waals surface area contributed by atoms with E-state index in [2.05, 4.69) is 5.32 Å². The Morgan fingerprint density at radius 1 is 1.16 bits per heavy atom. The van der Waals surface area contributed by atoms with Crippen LogP contribution in [0.25, 0.3) is 0 Å². The predicted molar refractivity (Wildman–Crippen MR) is 71.7 cm³/mol. The molecule has 0 bridgehead atoms. The van der Waals surface area contributed by atoms with Crippen molar-refractivity contribution >= 4 is 12.2 Å². The van der Waals surface area contributed by atoms with Crippen molar-refractivity contribution in [1.29, 1.82) is 0 Å². The monoisotopic (exact) mass is 255 g/mol. The van der Waals surface area contributed by atoms with Gasteiger partial charge in [-0.25, -0.2) is 0 Å². The van der Waals surface area contributed by atoms with Crippen molar-refractivity contribution in [1.82, 2.24) is 5.32 Å². The number of benzene rings is 2. The van der Waals surface area contributed by atoms with Crippen LogP contribution in [0.1, 0.15) is 20.7 Å². The largest absolute Gasteiger partial charge is 0.457 e. The smallest absolute Gasteiger partial charge is 0.251 e. The summed E-state index contributed by atoms with van der Waals surface area (Å²) in [5, 5.41) is 2.53. The molecule has 1 amide bonds. The third-order valence-corrected chi connectivity index (χ3v) is 2.60. The average molecular weight is 255 g/mol. The van der Waals surface area contributed by atoms with Crippen LogP contribution in [0.4, 0.5) is 0 Å². The van der Waals surface area contributed by atoms with Crippen molar-refractivity contribution in [3.63, 3.8) is 0 Å². The zero-order chi connectivity index (χ0) is 13.7. The van der Waals surface area contributed by atoms with E-state index in [4.69, 9.17) is 4.74 Å². The highest BCUT2D eigenvalue weighted by Crippen LogP contribution is 2.25.